The summed E-state index contributed by atoms with van der Waals surface area (Å²) in [6.45, 7) is 0. The Balaban J connectivity index is 2.44. The van der Waals surface area contributed by atoms with Crippen LogP contribution in [0, 0.1) is 11.7 Å². The lowest BCUT2D eigenvalue weighted by Gasteiger charge is -2.20. The van der Waals surface area contributed by atoms with E-state index in [4.69, 9.17) is 5.11 Å². The highest BCUT2D eigenvalue weighted by molar-refractivity contribution is 5.77. The predicted molar refractivity (Wildman–Crippen MR) is 49.9 cm³/mol. The predicted octanol–water partition coefficient (Wildman–Crippen LogP) is 2.73. The van der Waals surface area contributed by atoms with Gasteiger partial charge in [-0.2, -0.15) is 13.2 Å². The molecule has 1 aliphatic carbocycles. The Kier molecular flexibility index (Phi) is 2.41. The number of carbonyl (C=O) groups is 1. The summed E-state index contributed by atoms with van der Waals surface area (Å²) in [6, 6.07) is 3.79. The van der Waals surface area contributed by atoms with E-state index in [9.17, 15) is 22.4 Å². The Labute approximate surface area is 93.9 Å². The maximum atomic E-state index is 12.9. The van der Waals surface area contributed by atoms with E-state index in [2.05, 4.69) is 0 Å². The molecule has 1 aromatic carbocycles. The summed E-state index contributed by atoms with van der Waals surface area (Å²) in [6.07, 6.45) is -5.13. The van der Waals surface area contributed by atoms with E-state index < -0.39 is 35.7 Å². The Bertz CT molecular complexity index is 452. The first kappa shape index (κ1) is 11.9. The van der Waals surface area contributed by atoms with Gasteiger partial charge in [0.1, 0.15) is 11.2 Å². The van der Waals surface area contributed by atoms with Crippen molar-refractivity contribution in [1.82, 2.24) is 0 Å². The molecule has 0 amide bonds. The molecular formula is C11H8F4O2. The molecule has 17 heavy (non-hydrogen) atoms. The molecule has 1 fully saturated rings. The zero-order chi connectivity index (χ0) is 12.8. The fraction of sp³-hybridized carbons (Fsp3) is 0.364. The lowest BCUT2D eigenvalue weighted by molar-refractivity contribution is -0.170. The van der Waals surface area contributed by atoms with Gasteiger partial charge in [-0.1, -0.05) is 12.1 Å². The number of carboxylic acid groups (broad SMARTS) is 1. The Hall–Kier alpha value is -1.59. The first-order valence-electron chi connectivity index (χ1n) is 4.84. The average Bonchev–Trinajstić information content (AvgIpc) is 2.94. The second-order valence-corrected chi connectivity index (χ2v) is 4.07. The lowest BCUT2D eigenvalue weighted by Crippen LogP contribution is -2.32. The van der Waals surface area contributed by atoms with Gasteiger partial charge in [0.25, 0.3) is 0 Å². The maximum absolute atomic E-state index is 12.9. The van der Waals surface area contributed by atoms with Crippen LogP contribution in [-0.4, -0.2) is 17.3 Å². The van der Waals surface area contributed by atoms with Crippen molar-refractivity contribution in [3.63, 3.8) is 0 Å². The zero-order valence-corrected chi connectivity index (χ0v) is 8.46. The molecule has 0 saturated heterocycles. The Morgan fingerprint density at radius 1 is 1.29 bits per heavy atom. The quantitative estimate of drug-likeness (QED) is 0.817. The topological polar surface area (TPSA) is 37.3 Å². The monoisotopic (exact) mass is 248 g/mol. The van der Waals surface area contributed by atoms with Crippen molar-refractivity contribution in [2.24, 2.45) is 5.92 Å². The number of halogens is 4. The fourth-order valence-corrected chi connectivity index (χ4v) is 2.10. The maximum Gasteiger partial charge on any atom is 0.399 e. The van der Waals surface area contributed by atoms with E-state index in [0.717, 1.165) is 24.3 Å². The van der Waals surface area contributed by atoms with Crippen molar-refractivity contribution in [1.29, 1.82) is 0 Å². The number of rotatable bonds is 2. The minimum Gasteiger partial charge on any atom is -0.481 e. The van der Waals surface area contributed by atoms with Gasteiger partial charge in [-0.15, -0.1) is 0 Å². The zero-order valence-electron chi connectivity index (χ0n) is 8.46. The van der Waals surface area contributed by atoms with Crippen LogP contribution in [0.5, 0.6) is 0 Å². The summed E-state index contributed by atoms with van der Waals surface area (Å²) in [5, 5.41) is 8.69. The highest BCUT2D eigenvalue weighted by atomic mass is 19.4. The molecule has 1 aliphatic rings. The molecule has 0 unspecified atom stereocenters. The smallest absolute Gasteiger partial charge is 0.399 e. The molecule has 2 atom stereocenters. The molecule has 1 saturated carbocycles. The first-order valence-corrected chi connectivity index (χ1v) is 4.84. The van der Waals surface area contributed by atoms with Gasteiger partial charge in [0, 0.05) is 0 Å². The molecule has 2 rings (SSSR count). The van der Waals surface area contributed by atoms with Crippen molar-refractivity contribution in [3.05, 3.63) is 35.6 Å². The number of hydrogen-bond acceptors (Lipinski definition) is 1. The number of hydrogen-bond donors (Lipinski definition) is 1. The van der Waals surface area contributed by atoms with Gasteiger partial charge in [-0.05, 0) is 24.1 Å². The number of carboxylic acids is 1. The SMILES string of the molecule is O=C(O)[C@H]1C[C@@]1(c1ccc(F)cc1)C(F)(F)F. The number of alkyl halides is 3. The van der Waals surface area contributed by atoms with Crippen LogP contribution in [0.1, 0.15) is 12.0 Å². The summed E-state index contributed by atoms with van der Waals surface area (Å²) in [7, 11) is 0. The van der Waals surface area contributed by atoms with Gasteiger partial charge >= 0.3 is 12.1 Å². The fourth-order valence-electron chi connectivity index (χ4n) is 2.10. The van der Waals surface area contributed by atoms with Crippen molar-refractivity contribution in [3.8, 4) is 0 Å². The minimum absolute atomic E-state index is 0.196. The van der Waals surface area contributed by atoms with Crippen LogP contribution >= 0.6 is 0 Å². The molecule has 0 bridgehead atoms. The van der Waals surface area contributed by atoms with Gasteiger partial charge in [0.2, 0.25) is 0 Å². The summed E-state index contributed by atoms with van der Waals surface area (Å²) in [5.74, 6) is -3.61. The highest BCUT2D eigenvalue weighted by Crippen LogP contribution is 2.63. The van der Waals surface area contributed by atoms with Crippen LogP contribution in [0.3, 0.4) is 0 Å². The third-order valence-corrected chi connectivity index (χ3v) is 3.12. The molecule has 0 aromatic heterocycles. The molecule has 92 valence electrons. The molecule has 0 aliphatic heterocycles. The standard InChI is InChI=1S/C11H8F4O2/c12-7-3-1-6(2-4-7)10(11(13,14)15)5-8(10)9(16)17/h1-4,8H,5H2,(H,16,17)/t8-,10+/m1/s1. The molecular weight excluding hydrogens is 240 g/mol. The normalized spacial score (nSPS) is 27.9. The summed E-state index contributed by atoms with van der Waals surface area (Å²) in [5.41, 5.74) is -2.55. The van der Waals surface area contributed by atoms with Crippen LogP contribution in [0.25, 0.3) is 0 Å². The third-order valence-electron chi connectivity index (χ3n) is 3.12. The van der Waals surface area contributed by atoms with Crippen LogP contribution in [0.2, 0.25) is 0 Å². The number of benzene rings is 1. The first-order chi connectivity index (χ1) is 7.79. The average molecular weight is 248 g/mol. The second kappa shape index (κ2) is 3.45. The Morgan fingerprint density at radius 2 is 1.82 bits per heavy atom. The van der Waals surface area contributed by atoms with Crippen LogP contribution in [0.15, 0.2) is 24.3 Å². The number of aliphatic carboxylic acids is 1. The second-order valence-electron chi connectivity index (χ2n) is 4.07. The van der Waals surface area contributed by atoms with Gasteiger partial charge in [-0.25, -0.2) is 4.39 Å². The third kappa shape index (κ3) is 1.67. The molecule has 2 nitrogen and oxygen atoms in total. The van der Waals surface area contributed by atoms with Crippen molar-refractivity contribution in [2.45, 2.75) is 18.0 Å². The summed E-state index contributed by atoms with van der Waals surface area (Å²) in [4.78, 5) is 10.7. The highest BCUT2D eigenvalue weighted by Gasteiger charge is 2.74. The summed E-state index contributed by atoms with van der Waals surface area (Å²) < 4.78 is 51.5. The van der Waals surface area contributed by atoms with Gasteiger partial charge in [0.05, 0.1) is 5.92 Å². The van der Waals surface area contributed by atoms with Gasteiger partial charge in [0.15, 0.2) is 0 Å². The van der Waals surface area contributed by atoms with E-state index in [1.54, 1.807) is 0 Å². The Morgan fingerprint density at radius 3 is 2.18 bits per heavy atom. The van der Waals surface area contributed by atoms with Gasteiger partial charge in [-0.3, -0.25) is 4.79 Å². The summed E-state index contributed by atoms with van der Waals surface area (Å²) >= 11 is 0. The van der Waals surface area contributed by atoms with E-state index in [-0.39, 0.29) is 5.56 Å². The molecule has 6 heteroatoms. The molecule has 1 N–H and O–H groups in total. The molecule has 0 heterocycles. The van der Waals surface area contributed by atoms with Crippen molar-refractivity contribution >= 4 is 5.97 Å². The van der Waals surface area contributed by atoms with Crippen LogP contribution < -0.4 is 0 Å². The van der Waals surface area contributed by atoms with Crippen molar-refractivity contribution in [2.75, 3.05) is 0 Å². The molecule has 0 radical (unpaired) electrons. The van der Waals surface area contributed by atoms with Crippen LogP contribution in [0.4, 0.5) is 17.6 Å². The molecule has 0 spiro atoms. The largest absolute Gasteiger partial charge is 0.481 e. The van der Waals surface area contributed by atoms with E-state index in [1.165, 1.54) is 0 Å². The van der Waals surface area contributed by atoms with Crippen LogP contribution in [-0.2, 0) is 10.2 Å². The van der Waals surface area contributed by atoms with Gasteiger partial charge < -0.3 is 5.11 Å². The minimum atomic E-state index is -4.64. The van der Waals surface area contributed by atoms with Crippen molar-refractivity contribution < 1.29 is 27.5 Å². The lowest BCUT2D eigenvalue weighted by atomic mass is 9.92. The van der Waals surface area contributed by atoms with E-state index in [1.807, 2.05) is 0 Å². The van der Waals surface area contributed by atoms with E-state index >= 15 is 0 Å². The molecule has 1 aromatic rings. The van der Waals surface area contributed by atoms with E-state index in [0.29, 0.717) is 0 Å².